The van der Waals surface area contributed by atoms with Crippen LogP contribution in [0.15, 0.2) is 96.3 Å². The summed E-state index contributed by atoms with van der Waals surface area (Å²) in [5.74, 6) is -0.390. The van der Waals surface area contributed by atoms with E-state index in [9.17, 15) is 24.0 Å². The van der Waals surface area contributed by atoms with Gasteiger partial charge in [0.2, 0.25) is 17.3 Å². The van der Waals surface area contributed by atoms with Crippen LogP contribution >= 0.6 is 0 Å². The van der Waals surface area contributed by atoms with Crippen molar-refractivity contribution in [1.82, 2.24) is 29.7 Å². The van der Waals surface area contributed by atoms with E-state index in [1.54, 1.807) is 12.3 Å². The van der Waals surface area contributed by atoms with Crippen LogP contribution in [0.4, 0.5) is 0 Å². The molecule has 0 radical (unpaired) electrons. The van der Waals surface area contributed by atoms with E-state index in [0.717, 1.165) is 72.4 Å². The van der Waals surface area contributed by atoms with Crippen molar-refractivity contribution in [2.45, 2.75) is 76.4 Å². The molecule has 0 spiro atoms. The Morgan fingerprint density at radius 1 is 0.898 bits per heavy atom. The highest BCUT2D eigenvalue weighted by Gasteiger charge is 2.42. The number of aldehydes is 1. The highest BCUT2D eigenvalue weighted by molar-refractivity contribution is 6.23. The molecule has 6 aromatic rings. The van der Waals surface area contributed by atoms with Crippen LogP contribution in [-0.2, 0) is 23.1 Å². The minimum atomic E-state index is -1.04. The van der Waals surface area contributed by atoms with Crippen molar-refractivity contribution in [3.05, 3.63) is 119 Å². The first-order chi connectivity index (χ1) is 28.7. The van der Waals surface area contributed by atoms with Crippen LogP contribution in [0.25, 0.3) is 32.9 Å². The summed E-state index contributed by atoms with van der Waals surface area (Å²) in [4.78, 5) is 72.2. The molecule has 13 nitrogen and oxygen atoms in total. The number of amides is 3. The molecule has 5 heterocycles. The van der Waals surface area contributed by atoms with Crippen molar-refractivity contribution in [3.8, 4) is 22.8 Å². The van der Waals surface area contributed by atoms with Crippen LogP contribution in [0.2, 0.25) is 0 Å². The molecule has 1 saturated carbocycles. The summed E-state index contributed by atoms with van der Waals surface area (Å²) >= 11 is 0. The first-order valence-electron chi connectivity index (χ1n) is 20.2. The zero-order valence-corrected chi connectivity index (χ0v) is 33.3. The van der Waals surface area contributed by atoms with Gasteiger partial charge in [-0.3, -0.25) is 29.1 Å². The first-order valence-corrected chi connectivity index (χ1v) is 20.2. The summed E-state index contributed by atoms with van der Waals surface area (Å²) in [5.41, 5.74) is 6.09. The largest absolute Gasteiger partial charge is 0.494 e. The lowest BCUT2D eigenvalue weighted by Gasteiger charge is -2.25. The summed E-state index contributed by atoms with van der Waals surface area (Å²) < 4.78 is 13.8. The number of nitrogens with one attached hydrogen (secondary N) is 2. The Hall–Kier alpha value is -6.63. The Balaban J connectivity index is 0.000000186. The summed E-state index contributed by atoms with van der Waals surface area (Å²) in [7, 11) is 3.52. The number of H-pyrrole nitrogens is 1. The fourth-order valence-corrected chi connectivity index (χ4v) is 7.47. The lowest BCUT2D eigenvalue weighted by molar-refractivity contribution is -0.124. The van der Waals surface area contributed by atoms with Crippen molar-refractivity contribution in [1.29, 1.82) is 0 Å². The lowest BCUT2D eigenvalue weighted by Crippen LogP contribution is -2.48. The van der Waals surface area contributed by atoms with Crippen LogP contribution in [0.5, 0.6) is 11.6 Å². The van der Waals surface area contributed by atoms with E-state index in [1.807, 2.05) is 30.7 Å². The van der Waals surface area contributed by atoms with Gasteiger partial charge in [-0.15, -0.1) is 0 Å². The van der Waals surface area contributed by atoms with E-state index >= 15 is 0 Å². The van der Waals surface area contributed by atoms with Gasteiger partial charge in [-0.25, -0.2) is 4.98 Å². The van der Waals surface area contributed by atoms with Gasteiger partial charge in [-0.1, -0.05) is 31.0 Å². The molecule has 2 aliphatic rings. The van der Waals surface area contributed by atoms with Gasteiger partial charge in [0.05, 0.1) is 23.3 Å². The Bertz CT molecular complexity index is 2500. The van der Waals surface area contributed by atoms with Crippen LogP contribution in [0.3, 0.4) is 0 Å². The number of carbonyl (C=O) groups excluding carboxylic acids is 4. The quantitative estimate of drug-likeness (QED) is 0.0598. The van der Waals surface area contributed by atoms with E-state index in [4.69, 9.17) is 9.47 Å². The molecule has 1 fully saturated rings. The Morgan fingerprint density at radius 3 is 2.44 bits per heavy atom. The number of hydrogen-bond donors (Lipinski definition) is 2. The molecule has 1 aliphatic carbocycles. The predicted octanol–water partition coefficient (Wildman–Crippen LogP) is 6.97. The molecule has 1 atom stereocenters. The highest BCUT2D eigenvalue weighted by atomic mass is 16.5. The number of fused-ring (bicyclic) bond motifs is 4. The number of ether oxygens (including phenoxy) is 2. The smallest absolute Gasteiger partial charge is 0.262 e. The minimum absolute atomic E-state index is 0.0602. The molecule has 13 heteroatoms. The Labute approximate surface area is 341 Å². The minimum Gasteiger partial charge on any atom is -0.494 e. The molecule has 3 amide bonds. The van der Waals surface area contributed by atoms with Crippen molar-refractivity contribution in [2.75, 3.05) is 13.7 Å². The van der Waals surface area contributed by atoms with Crippen molar-refractivity contribution >= 4 is 45.8 Å². The van der Waals surface area contributed by atoms with E-state index < -0.39 is 23.8 Å². The number of aryl methyl sites for hydroxylation is 2. The van der Waals surface area contributed by atoms with Gasteiger partial charge < -0.3 is 29.1 Å². The SMILES string of the molecule is CNC(=O)C(CCC=O)N1C(=O)c2ccc(OCCCCCCc3ccc(=O)[nH]c3)cc2C1=O.Cn1c2ccncc2c2ccc(-c3ccc(OC4CCC4)nc3)cc21. The van der Waals surface area contributed by atoms with Gasteiger partial charge in [0.25, 0.3) is 11.8 Å². The molecule has 4 aromatic heterocycles. The predicted molar refractivity (Wildman–Crippen MR) is 225 cm³/mol. The maximum absolute atomic E-state index is 12.9. The molecular weight excluding hydrogens is 749 g/mol. The second kappa shape index (κ2) is 18.8. The normalized spacial score (nSPS) is 14.0. The lowest BCUT2D eigenvalue weighted by atomic mass is 9.96. The van der Waals surface area contributed by atoms with Crippen molar-refractivity contribution in [2.24, 2.45) is 7.05 Å². The van der Waals surface area contributed by atoms with Gasteiger partial charge in [0.1, 0.15) is 24.2 Å². The van der Waals surface area contributed by atoms with E-state index in [-0.39, 0.29) is 29.5 Å². The van der Waals surface area contributed by atoms with Gasteiger partial charge in [-0.05, 0) is 92.5 Å². The van der Waals surface area contributed by atoms with Crippen molar-refractivity contribution in [3.63, 3.8) is 0 Å². The molecule has 2 aromatic carbocycles. The fraction of sp³-hybridized carbons (Fsp3) is 0.326. The van der Waals surface area contributed by atoms with Crippen molar-refractivity contribution < 1.29 is 28.7 Å². The van der Waals surface area contributed by atoms with E-state index in [2.05, 4.69) is 62.2 Å². The summed E-state index contributed by atoms with van der Waals surface area (Å²) in [5, 5.41) is 4.87. The summed E-state index contributed by atoms with van der Waals surface area (Å²) in [6, 6.07) is 19.7. The average Bonchev–Trinajstić information content (AvgIpc) is 3.67. The maximum Gasteiger partial charge on any atom is 0.262 e. The van der Waals surface area contributed by atoms with Crippen LogP contribution in [0, 0.1) is 0 Å². The third-order valence-electron chi connectivity index (χ3n) is 11.0. The number of nitrogens with zero attached hydrogens (tertiary/aromatic N) is 4. The number of unbranched alkanes of at least 4 members (excludes halogenated alkanes) is 3. The summed E-state index contributed by atoms with van der Waals surface area (Å²) in [6.07, 6.45) is 16.9. The van der Waals surface area contributed by atoms with Gasteiger partial charge in [-0.2, -0.15) is 0 Å². The number of benzene rings is 2. The second-order valence-corrected chi connectivity index (χ2v) is 14.9. The Morgan fingerprint density at radius 2 is 1.71 bits per heavy atom. The number of aromatic amines is 1. The molecule has 1 unspecified atom stereocenters. The molecule has 304 valence electrons. The number of hydrogen-bond acceptors (Lipinski definition) is 9. The monoisotopic (exact) mass is 796 g/mol. The average molecular weight is 797 g/mol. The number of aromatic nitrogens is 4. The maximum atomic E-state index is 12.9. The number of carbonyl (C=O) groups is 4. The van der Waals surface area contributed by atoms with Gasteiger partial charge in [0.15, 0.2) is 0 Å². The molecule has 0 bridgehead atoms. The number of likely N-dealkylation sites (N-methyl/N-ethyl adjacent to an activating group) is 1. The van der Waals surface area contributed by atoms with Gasteiger partial charge >= 0.3 is 0 Å². The van der Waals surface area contributed by atoms with Crippen LogP contribution in [-0.4, -0.2) is 74.2 Å². The second-order valence-electron chi connectivity index (χ2n) is 14.9. The molecule has 1 aliphatic heterocycles. The molecule has 8 rings (SSSR count). The third kappa shape index (κ3) is 9.25. The topological polar surface area (TPSA) is 166 Å². The number of pyridine rings is 3. The highest BCUT2D eigenvalue weighted by Crippen LogP contribution is 2.33. The molecular formula is C46H48N6O7. The zero-order chi connectivity index (χ0) is 41.3. The molecule has 0 saturated heterocycles. The fourth-order valence-electron chi connectivity index (χ4n) is 7.47. The number of imide groups is 1. The Kier molecular flexibility index (Phi) is 12.9. The van der Waals surface area contributed by atoms with Gasteiger partial charge in [0, 0.05) is 79.3 Å². The zero-order valence-electron chi connectivity index (χ0n) is 33.3. The number of rotatable bonds is 16. The first kappa shape index (κ1) is 40.6. The molecule has 2 N–H and O–H groups in total. The third-order valence-corrected chi connectivity index (χ3v) is 11.0. The molecule has 59 heavy (non-hydrogen) atoms. The van der Waals surface area contributed by atoms with E-state index in [0.29, 0.717) is 24.7 Å². The van der Waals surface area contributed by atoms with Crippen LogP contribution < -0.4 is 20.3 Å². The van der Waals surface area contributed by atoms with Crippen LogP contribution in [0.1, 0.15) is 84.1 Å². The van der Waals surface area contributed by atoms with E-state index in [1.165, 1.54) is 53.5 Å². The standard InChI is InChI=1S/C25H29N3O6.C21H19N3O/c1-26-23(31)21(8-6-13-29)28-24(32)19-11-10-18(15-20(19)25(28)33)34-14-5-3-2-4-7-17-9-12-22(30)27-16-17;1-24-19-9-10-22-13-18(19)17-7-5-14(11-20(17)24)15-6-8-21(23-12-15)25-16-3-2-4-16/h9-13,15-16,21H,2-8,14H2,1H3,(H,26,31)(H,27,30);5-13,16H,2-4H2,1H3. The summed E-state index contributed by atoms with van der Waals surface area (Å²) in [6.45, 7) is 0.476.